The Morgan fingerprint density at radius 2 is 1.69 bits per heavy atom. The number of halogens is 2. The van der Waals surface area contributed by atoms with Gasteiger partial charge in [0.2, 0.25) is 0 Å². The first-order valence-corrected chi connectivity index (χ1v) is 10.4. The van der Waals surface area contributed by atoms with Crippen LogP contribution in [0, 0.1) is 0 Å². The number of hydrazine groups is 1. The average molecular weight is 469 g/mol. The number of methoxy groups -OCH3 is 1. The van der Waals surface area contributed by atoms with Crippen molar-refractivity contribution in [3.8, 4) is 11.5 Å². The number of rotatable bonds is 6. The first-order valence-electron chi connectivity index (χ1n) is 9.63. The van der Waals surface area contributed by atoms with E-state index in [1.165, 1.54) is 18.2 Å². The predicted molar refractivity (Wildman–Crippen MR) is 124 cm³/mol. The number of benzene rings is 3. The van der Waals surface area contributed by atoms with Crippen molar-refractivity contribution in [1.29, 1.82) is 0 Å². The monoisotopic (exact) mass is 468 g/mol. The van der Waals surface area contributed by atoms with Crippen molar-refractivity contribution in [3.63, 3.8) is 0 Å². The number of amides is 2. The molecule has 1 N–H and O–H groups in total. The van der Waals surface area contributed by atoms with Gasteiger partial charge in [0.25, 0.3) is 11.8 Å². The Bertz CT molecular complexity index is 1190. The van der Waals surface area contributed by atoms with Gasteiger partial charge >= 0.3 is 0 Å². The minimum atomic E-state index is -0.526. The van der Waals surface area contributed by atoms with E-state index in [0.717, 1.165) is 5.56 Å². The Hall–Kier alpha value is -3.48. The van der Waals surface area contributed by atoms with Crippen LogP contribution in [0.3, 0.4) is 0 Å². The van der Waals surface area contributed by atoms with E-state index in [9.17, 15) is 9.59 Å². The van der Waals surface area contributed by atoms with Gasteiger partial charge in [-0.1, -0.05) is 53.5 Å². The molecule has 1 fully saturated rings. The Labute approximate surface area is 194 Å². The van der Waals surface area contributed by atoms with E-state index >= 15 is 0 Å². The zero-order chi connectivity index (χ0) is 22.7. The maximum absolute atomic E-state index is 12.9. The molecular weight excluding hydrogens is 451 g/mol. The summed E-state index contributed by atoms with van der Waals surface area (Å²) in [5.41, 5.74) is 4.41. The highest BCUT2D eigenvalue weighted by Gasteiger charge is 2.34. The summed E-state index contributed by atoms with van der Waals surface area (Å²) in [5, 5.41) is 2.19. The fourth-order valence-corrected chi connectivity index (χ4v) is 3.55. The van der Waals surface area contributed by atoms with E-state index in [-0.39, 0.29) is 12.2 Å². The highest BCUT2D eigenvalue weighted by atomic mass is 35.5. The van der Waals surface area contributed by atoms with Gasteiger partial charge in [-0.05, 0) is 42.0 Å². The second kappa shape index (κ2) is 9.34. The van der Waals surface area contributed by atoms with Crippen LogP contribution in [0.1, 0.15) is 11.1 Å². The first-order chi connectivity index (χ1) is 15.5. The van der Waals surface area contributed by atoms with Gasteiger partial charge in [-0.25, -0.2) is 5.01 Å². The number of anilines is 1. The number of ether oxygens (including phenoxy) is 2. The topological polar surface area (TPSA) is 67.9 Å². The molecule has 3 aromatic rings. The van der Waals surface area contributed by atoms with Crippen molar-refractivity contribution in [1.82, 2.24) is 5.43 Å². The van der Waals surface area contributed by atoms with Gasteiger partial charge in [0.05, 0.1) is 12.8 Å². The molecule has 32 heavy (non-hydrogen) atoms. The van der Waals surface area contributed by atoms with Crippen LogP contribution in [-0.4, -0.2) is 18.9 Å². The molecule has 1 heterocycles. The summed E-state index contributed by atoms with van der Waals surface area (Å²) < 4.78 is 11.4. The minimum Gasteiger partial charge on any atom is -0.493 e. The number of hydrogen-bond acceptors (Lipinski definition) is 4. The van der Waals surface area contributed by atoms with Crippen molar-refractivity contribution < 1.29 is 19.1 Å². The van der Waals surface area contributed by atoms with Gasteiger partial charge in [-0.3, -0.25) is 15.0 Å². The zero-order valence-electron chi connectivity index (χ0n) is 17.0. The van der Waals surface area contributed by atoms with Gasteiger partial charge in [-0.2, -0.15) is 0 Å². The zero-order valence-corrected chi connectivity index (χ0v) is 18.5. The lowest BCUT2D eigenvalue weighted by Crippen LogP contribution is -2.35. The molecular formula is C24H18Cl2N2O4. The molecule has 1 aliphatic rings. The molecule has 3 aromatic carbocycles. The molecule has 8 heteroatoms. The first kappa shape index (κ1) is 21.7. The van der Waals surface area contributed by atoms with Crippen LogP contribution in [0.2, 0.25) is 10.0 Å². The molecule has 6 nitrogen and oxygen atoms in total. The van der Waals surface area contributed by atoms with Gasteiger partial charge in [0.1, 0.15) is 12.2 Å². The Balaban J connectivity index is 1.68. The van der Waals surface area contributed by atoms with Gasteiger partial charge < -0.3 is 9.47 Å². The third-order valence-corrected chi connectivity index (χ3v) is 5.24. The minimum absolute atomic E-state index is 0.0467. The molecule has 2 amide bonds. The molecule has 0 spiro atoms. The van der Waals surface area contributed by atoms with Crippen molar-refractivity contribution >= 4 is 46.8 Å². The quantitative estimate of drug-likeness (QED) is 0.406. The number of nitrogens with one attached hydrogen (secondary N) is 1. The number of carbonyl (C=O) groups excluding carboxylic acids is 2. The summed E-state index contributed by atoms with van der Waals surface area (Å²) in [5.74, 6) is -0.271. The van der Waals surface area contributed by atoms with E-state index in [1.54, 1.807) is 48.5 Å². The number of nitrogens with zero attached hydrogens (tertiary/aromatic N) is 1. The lowest BCUT2D eigenvalue weighted by Gasteiger charge is -2.15. The van der Waals surface area contributed by atoms with Crippen LogP contribution in [0.25, 0.3) is 6.08 Å². The number of para-hydroxylation sites is 1. The van der Waals surface area contributed by atoms with Gasteiger partial charge in [-0.15, -0.1) is 0 Å². The molecule has 162 valence electrons. The molecule has 1 saturated heterocycles. The van der Waals surface area contributed by atoms with Gasteiger partial charge in [0.15, 0.2) is 11.5 Å². The summed E-state index contributed by atoms with van der Waals surface area (Å²) in [7, 11) is 1.49. The summed E-state index contributed by atoms with van der Waals surface area (Å²) in [4.78, 5) is 25.5. The lowest BCUT2D eigenvalue weighted by molar-refractivity contribution is -0.117. The summed E-state index contributed by atoms with van der Waals surface area (Å²) in [6, 6.07) is 19.3. The molecule has 0 aliphatic carbocycles. The number of hydrogen-bond donors (Lipinski definition) is 1. The van der Waals surface area contributed by atoms with Crippen LogP contribution in [-0.2, 0) is 16.2 Å². The molecule has 0 saturated carbocycles. The van der Waals surface area contributed by atoms with Crippen LogP contribution in [0.4, 0.5) is 5.69 Å². The highest BCUT2D eigenvalue weighted by Crippen LogP contribution is 2.37. The average Bonchev–Trinajstić information content (AvgIpc) is 3.08. The maximum Gasteiger partial charge on any atom is 0.282 e. The van der Waals surface area contributed by atoms with Crippen LogP contribution in [0.15, 0.2) is 72.3 Å². The van der Waals surface area contributed by atoms with Crippen LogP contribution >= 0.6 is 23.2 Å². The normalized spacial score (nSPS) is 14.6. The summed E-state index contributed by atoms with van der Waals surface area (Å²) in [6.45, 7) is 0.224. The smallest absolute Gasteiger partial charge is 0.282 e. The van der Waals surface area contributed by atoms with E-state index < -0.39 is 11.8 Å². The molecule has 0 unspecified atom stereocenters. The second-order valence-corrected chi connectivity index (χ2v) is 7.79. The predicted octanol–water partition coefficient (Wildman–Crippen LogP) is 5.04. The van der Waals surface area contributed by atoms with Crippen molar-refractivity contribution in [3.05, 3.63) is 93.5 Å². The largest absolute Gasteiger partial charge is 0.493 e. The molecule has 0 bridgehead atoms. The maximum atomic E-state index is 12.9. The van der Waals surface area contributed by atoms with E-state index in [2.05, 4.69) is 5.43 Å². The van der Waals surface area contributed by atoms with Crippen molar-refractivity contribution in [2.24, 2.45) is 0 Å². The third-order valence-electron chi connectivity index (χ3n) is 4.77. The molecule has 0 radical (unpaired) electrons. The fourth-order valence-electron chi connectivity index (χ4n) is 3.21. The Morgan fingerprint density at radius 3 is 2.38 bits per heavy atom. The van der Waals surface area contributed by atoms with Crippen molar-refractivity contribution in [2.75, 3.05) is 12.1 Å². The van der Waals surface area contributed by atoms with Crippen LogP contribution < -0.4 is 19.9 Å². The van der Waals surface area contributed by atoms with E-state index in [4.69, 9.17) is 32.7 Å². The van der Waals surface area contributed by atoms with Gasteiger partial charge in [0, 0.05) is 21.7 Å². The second-order valence-electron chi connectivity index (χ2n) is 6.92. The molecule has 0 atom stereocenters. The van der Waals surface area contributed by atoms with E-state index in [1.807, 2.05) is 18.2 Å². The lowest BCUT2D eigenvalue weighted by atomic mass is 10.1. The Morgan fingerprint density at radius 1 is 0.969 bits per heavy atom. The molecule has 1 aliphatic heterocycles. The standard InChI is InChI=1S/C24H18Cl2N2O4/c1-31-21-13-18(26)11-16(22(21)32-14-15-7-9-17(25)10-8-15)12-20-23(29)27-28(24(20)30)19-5-3-2-4-6-19/h2-13H,14H2,1H3,(H,27,29)/b20-12-. The highest BCUT2D eigenvalue weighted by molar-refractivity contribution is 6.33. The number of carbonyl (C=O) groups is 2. The fraction of sp³-hybridized carbons (Fsp3) is 0.0833. The molecule has 0 aromatic heterocycles. The van der Waals surface area contributed by atoms with Crippen LogP contribution in [0.5, 0.6) is 11.5 Å². The molecule has 4 rings (SSSR count). The summed E-state index contributed by atoms with van der Waals surface area (Å²) in [6.07, 6.45) is 1.45. The summed E-state index contributed by atoms with van der Waals surface area (Å²) >= 11 is 12.2. The SMILES string of the molecule is COc1cc(Cl)cc(/C=C2/C(=O)NN(c3ccccc3)C2=O)c1OCc1ccc(Cl)cc1. The Kier molecular flexibility index (Phi) is 6.35. The van der Waals surface area contributed by atoms with Crippen molar-refractivity contribution in [2.45, 2.75) is 6.61 Å². The van der Waals surface area contributed by atoms with E-state index in [0.29, 0.717) is 32.8 Å². The third kappa shape index (κ3) is 4.56.